The summed E-state index contributed by atoms with van der Waals surface area (Å²) in [5.74, 6) is -0.318. The van der Waals surface area contributed by atoms with Gasteiger partial charge < -0.3 is 19.5 Å². The summed E-state index contributed by atoms with van der Waals surface area (Å²) >= 11 is 9.44. The van der Waals surface area contributed by atoms with Gasteiger partial charge in [-0.05, 0) is 52.7 Å². The van der Waals surface area contributed by atoms with E-state index in [4.69, 9.17) is 25.8 Å². The molecule has 0 atom stereocenters. The van der Waals surface area contributed by atoms with Crippen molar-refractivity contribution < 1.29 is 23.8 Å². The summed E-state index contributed by atoms with van der Waals surface area (Å²) in [7, 11) is 2.94. The number of hydrogen-bond acceptors (Lipinski definition) is 5. The molecular weight excluding hydrogens is 426 g/mol. The van der Waals surface area contributed by atoms with Crippen LogP contribution in [-0.4, -0.2) is 32.7 Å². The third-order valence-corrected chi connectivity index (χ3v) is 4.95. The predicted octanol–water partition coefficient (Wildman–Crippen LogP) is 4.22. The second kappa shape index (κ2) is 8.91. The Kier molecular flexibility index (Phi) is 6.88. The average molecular weight is 443 g/mol. The van der Waals surface area contributed by atoms with E-state index in [1.165, 1.54) is 20.3 Å². The second-order valence-electron chi connectivity index (χ2n) is 5.22. The molecule has 8 heteroatoms. The van der Waals surface area contributed by atoms with Crippen molar-refractivity contribution in [3.8, 4) is 11.5 Å². The van der Waals surface area contributed by atoms with Gasteiger partial charge in [0.1, 0.15) is 17.1 Å². The van der Waals surface area contributed by atoms with E-state index >= 15 is 0 Å². The molecule has 0 radical (unpaired) electrons. The molecule has 0 saturated carbocycles. The van der Waals surface area contributed by atoms with Crippen LogP contribution in [0.3, 0.4) is 0 Å². The van der Waals surface area contributed by atoms with Gasteiger partial charge in [-0.15, -0.1) is 0 Å². The van der Waals surface area contributed by atoms with Crippen LogP contribution < -0.4 is 14.8 Å². The van der Waals surface area contributed by atoms with Crippen LogP contribution in [0.2, 0.25) is 5.02 Å². The Morgan fingerprint density at radius 2 is 1.88 bits per heavy atom. The summed E-state index contributed by atoms with van der Waals surface area (Å²) in [6.45, 7) is 1.33. The fourth-order valence-electron chi connectivity index (χ4n) is 2.15. The zero-order chi connectivity index (χ0) is 19.3. The molecule has 0 unspecified atom stereocenters. The molecule has 6 nitrogen and oxygen atoms in total. The van der Waals surface area contributed by atoms with Gasteiger partial charge >= 0.3 is 5.97 Å². The number of esters is 1. The van der Waals surface area contributed by atoms with Crippen LogP contribution in [0.1, 0.15) is 15.9 Å². The molecule has 0 aliphatic rings. The van der Waals surface area contributed by atoms with Crippen LogP contribution in [0.4, 0.5) is 5.69 Å². The number of anilines is 1. The van der Waals surface area contributed by atoms with Crippen LogP contribution in [-0.2, 0) is 9.53 Å². The normalized spacial score (nSPS) is 10.2. The van der Waals surface area contributed by atoms with Gasteiger partial charge in [0.05, 0.1) is 19.2 Å². The first kappa shape index (κ1) is 20.1. The fraction of sp³-hybridized carbons (Fsp3) is 0.222. The number of nitrogens with one attached hydrogen (secondary N) is 1. The van der Waals surface area contributed by atoms with E-state index in [0.717, 1.165) is 4.47 Å². The Balaban J connectivity index is 2.01. The monoisotopic (exact) mass is 441 g/mol. The molecule has 0 aromatic heterocycles. The van der Waals surface area contributed by atoms with Crippen molar-refractivity contribution in [3.63, 3.8) is 0 Å². The van der Waals surface area contributed by atoms with Crippen LogP contribution >= 0.6 is 27.5 Å². The summed E-state index contributed by atoms with van der Waals surface area (Å²) in [4.78, 5) is 24.3. The standard InChI is InChI=1S/C18H17BrClNO5/c1-10-14(7-6-13(19)17(10)20)21-16(22)9-26-18(23)12-5-4-11(24-2)8-15(12)25-3/h4-8H,9H2,1-3H3,(H,21,22). The lowest BCUT2D eigenvalue weighted by atomic mass is 10.2. The molecule has 0 heterocycles. The summed E-state index contributed by atoms with van der Waals surface area (Å²) in [6, 6.07) is 8.10. The lowest BCUT2D eigenvalue weighted by Gasteiger charge is -2.12. The quantitative estimate of drug-likeness (QED) is 0.678. The van der Waals surface area contributed by atoms with E-state index in [2.05, 4.69) is 21.2 Å². The Bertz CT molecular complexity index is 841. The smallest absolute Gasteiger partial charge is 0.342 e. The zero-order valence-electron chi connectivity index (χ0n) is 14.4. The third-order valence-electron chi connectivity index (χ3n) is 3.58. The van der Waals surface area contributed by atoms with Gasteiger partial charge in [-0.1, -0.05) is 11.6 Å². The van der Waals surface area contributed by atoms with Gasteiger partial charge in [-0.25, -0.2) is 4.79 Å². The Morgan fingerprint density at radius 1 is 1.15 bits per heavy atom. The largest absolute Gasteiger partial charge is 0.497 e. The molecule has 0 bridgehead atoms. The highest BCUT2D eigenvalue weighted by Gasteiger charge is 2.17. The van der Waals surface area contributed by atoms with E-state index in [-0.39, 0.29) is 5.56 Å². The summed E-state index contributed by atoms with van der Waals surface area (Å²) in [6.07, 6.45) is 0. The minimum Gasteiger partial charge on any atom is -0.497 e. The second-order valence-corrected chi connectivity index (χ2v) is 6.46. The van der Waals surface area contributed by atoms with Crippen LogP contribution in [0, 0.1) is 6.92 Å². The average Bonchev–Trinajstić information content (AvgIpc) is 2.65. The Morgan fingerprint density at radius 3 is 2.54 bits per heavy atom. The predicted molar refractivity (Wildman–Crippen MR) is 102 cm³/mol. The highest BCUT2D eigenvalue weighted by molar-refractivity contribution is 9.10. The molecule has 0 aliphatic heterocycles. The molecule has 0 fully saturated rings. The molecule has 2 aromatic carbocycles. The molecule has 2 aromatic rings. The Labute approximate surface area is 164 Å². The molecule has 0 spiro atoms. The van der Waals surface area contributed by atoms with Crippen molar-refractivity contribution >= 4 is 45.1 Å². The molecule has 138 valence electrons. The number of rotatable bonds is 6. The summed E-state index contributed by atoms with van der Waals surface area (Å²) in [5, 5.41) is 3.16. The first-order valence-corrected chi connectivity index (χ1v) is 8.68. The van der Waals surface area contributed by atoms with Crippen molar-refractivity contribution in [3.05, 3.63) is 51.0 Å². The number of halogens is 2. The zero-order valence-corrected chi connectivity index (χ0v) is 16.7. The van der Waals surface area contributed by atoms with Gasteiger partial charge in [0.25, 0.3) is 5.91 Å². The van der Waals surface area contributed by atoms with Crippen molar-refractivity contribution in [2.45, 2.75) is 6.92 Å². The molecule has 0 aliphatic carbocycles. The summed E-state index contributed by atoms with van der Waals surface area (Å²) in [5.41, 5.74) is 1.45. The molecule has 0 saturated heterocycles. The highest BCUT2D eigenvalue weighted by atomic mass is 79.9. The Hall–Kier alpha value is -2.25. The van der Waals surface area contributed by atoms with Gasteiger partial charge in [0.15, 0.2) is 6.61 Å². The highest BCUT2D eigenvalue weighted by Crippen LogP contribution is 2.31. The van der Waals surface area contributed by atoms with E-state index in [0.29, 0.717) is 27.8 Å². The van der Waals surface area contributed by atoms with Crippen molar-refractivity contribution in [1.82, 2.24) is 0 Å². The van der Waals surface area contributed by atoms with Crippen LogP contribution in [0.25, 0.3) is 0 Å². The number of amides is 1. The van der Waals surface area contributed by atoms with Crippen molar-refractivity contribution in [1.29, 1.82) is 0 Å². The van der Waals surface area contributed by atoms with E-state index in [9.17, 15) is 9.59 Å². The van der Waals surface area contributed by atoms with Crippen molar-refractivity contribution in [2.24, 2.45) is 0 Å². The maximum Gasteiger partial charge on any atom is 0.342 e. The number of ether oxygens (including phenoxy) is 3. The number of carbonyl (C=O) groups excluding carboxylic acids is 2. The number of benzene rings is 2. The first-order valence-electron chi connectivity index (χ1n) is 7.51. The third kappa shape index (κ3) is 4.68. The lowest BCUT2D eigenvalue weighted by Crippen LogP contribution is -2.21. The number of methoxy groups -OCH3 is 2. The first-order chi connectivity index (χ1) is 12.4. The molecule has 2 rings (SSSR count). The van der Waals surface area contributed by atoms with Crippen LogP contribution in [0.5, 0.6) is 11.5 Å². The SMILES string of the molecule is COc1ccc(C(=O)OCC(=O)Nc2ccc(Br)c(Cl)c2C)c(OC)c1. The van der Waals surface area contributed by atoms with E-state index in [1.807, 2.05) is 0 Å². The molecule has 26 heavy (non-hydrogen) atoms. The fourth-order valence-corrected chi connectivity index (χ4v) is 2.74. The maximum atomic E-state index is 12.2. The van der Waals surface area contributed by atoms with Gasteiger partial charge in [0, 0.05) is 16.2 Å². The molecule has 1 amide bonds. The minimum absolute atomic E-state index is 0.198. The van der Waals surface area contributed by atoms with E-state index < -0.39 is 18.5 Å². The number of carbonyl (C=O) groups is 2. The summed E-state index contributed by atoms with van der Waals surface area (Å²) < 4.78 is 16.0. The van der Waals surface area contributed by atoms with Gasteiger partial charge in [-0.3, -0.25) is 4.79 Å². The van der Waals surface area contributed by atoms with Crippen molar-refractivity contribution in [2.75, 3.05) is 26.1 Å². The molecular formula is C18H17BrClNO5. The lowest BCUT2D eigenvalue weighted by molar-refractivity contribution is -0.119. The van der Waals surface area contributed by atoms with E-state index in [1.54, 1.807) is 31.2 Å². The minimum atomic E-state index is -0.676. The van der Waals surface area contributed by atoms with Gasteiger partial charge in [0.2, 0.25) is 0 Å². The van der Waals surface area contributed by atoms with Gasteiger partial charge in [-0.2, -0.15) is 0 Å². The molecule has 1 N–H and O–H groups in total. The number of hydrogen-bond donors (Lipinski definition) is 1. The van der Waals surface area contributed by atoms with Crippen LogP contribution in [0.15, 0.2) is 34.8 Å². The topological polar surface area (TPSA) is 73.9 Å². The maximum absolute atomic E-state index is 12.2.